The number of rotatable bonds is 2. The van der Waals surface area contributed by atoms with Crippen molar-refractivity contribution in [1.29, 1.82) is 0 Å². The third-order valence-corrected chi connectivity index (χ3v) is 1.18. The van der Waals surface area contributed by atoms with Gasteiger partial charge in [0, 0.05) is 15.8 Å². The van der Waals surface area contributed by atoms with Crippen LogP contribution in [0.15, 0.2) is 17.0 Å². The van der Waals surface area contributed by atoms with Gasteiger partial charge < -0.3 is 0 Å². The summed E-state index contributed by atoms with van der Waals surface area (Å²) in [6.45, 7) is -3.10. The first-order chi connectivity index (χ1) is 7.50. The Hall–Kier alpha value is -0.440. The summed E-state index contributed by atoms with van der Waals surface area (Å²) >= 11 is 2.97. The van der Waals surface area contributed by atoms with Crippen molar-refractivity contribution in [3.05, 3.63) is 22.7 Å². The molecule has 1 aromatic heterocycles. The molecule has 0 fully saturated rings. The fourth-order valence-electron chi connectivity index (χ4n) is 0.466. The van der Waals surface area contributed by atoms with Crippen LogP contribution in [0.4, 0.5) is 0 Å². The van der Waals surface area contributed by atoms with Gasteiger partial charge in [0.15, 0.2) is 0 Å². The second-order valence-electron chi connectivity index (χ2n) is 1.48. The highest BCUT2D eigenvalue weighted by atomic mass is 79.9. The maximum absolute atomic E-state index is 7.63. The smallest absolute Gasteiger partial charge is 0.124 e. The van der Waals surface area contributed by atoms with Crippen molar-refractivity contribution in [1.82, 2.24) is 9.97 Å². The van der Waals surface area contributed by atoms with Crippen LogP contribution >= 0.6 is 15.9 Å². The molecule has 0 spiro atoms. The molecule has 0 saturated heterocycles. The van der Waals surface area contributed by atoms with Crippen LogP contribution in [0.25, 0.3) is 0 Å². The molecule has 0 bridgehead atoms. The first-order valence-electron chi connectivity index (χ1n) is 5.98. The van der Waals surface area contributed by atoms with Crippen LogP contribution in [0.1, 0.15) is 28.5 Å². The molecule has 0 saturated carbocycles. The fourth-order valence-corrected chi connectivity index (χ4v) is 0.776. The summed E-state index contributed by atoms with van der Waals surface area (Å²) in [5.74, 6) is 0. The second-order valence-corrected chi connectivity index (χ2v) is 2.29. The molecule has 1 heterocycles. The van der Waals surface area contributed by atoms with Gasteiger partial charge in [0.25, 0.3) is 0 Å². The highest BCUT2D eigenvalue weighted by molar-refractivity contribution is 9.10. The van der Waals surface area contributed by atoms with E-state index in [2.05, 4.69) is 25.9 Å². The standard InChI is InChI=1S/C7H9BrN2/c1-2-3-6-4-9-5-7(8)10-6/h4-5H,2-3H2,1H3/i1D3,2D2,3D2. The van der Waals surface area contributed by atoms with E-state index >= 15 is 0 Å². The summed E-state index contributed by atoms with van der Waals surface area (Å²) in [6, 6.07) is 0. The monoisotopic (exact) mass is 207 g/mol. The summed E-state index contributed by atoms with van der Waals surface area (Å²) in [7, 11) is 0. The lowest BCUT2D eigenvalue weighted by molar-refractivity contribution is 0.865. The van der Waals surface area contributed by atoms with E-state index in [-0.39, 0.29) is 10.3 Å². The lowest BCUT2D eigenvalue weighted by Gasteiger charge is -1.95. The van der Waals surface area contributed by atoms with E-state index in [0.717, 1.165) is 6.20 Å². The first kappa shape index (κ1) is 2.55. The minimum absolute atomic E-state index is 0.209. The molecular weight excluding hydrogens is 192 g/mol. The summed E-state index contributed by atoms with van der Waals surface area (Å²) in [5.41, 5.74) is -0.368. The molecule has 10 heavy (non-hydrogen) atoms. The average Bonchev–Trinajstić information content (AvgIpc) is 2.15. The maximum Gasteiger partial charge on any atom is 0.124 e. The Balaban J connectivity index is 3.28. The van der Waals surface area contributed by atoms with Crippen LogP contribution < -0.4 is 0 Å². The van der Waals surface area contributed by atoms with Gasteiger partial charge in [-0.1, -0.05) is 13.2 Å². The number of nitrogens with zero attached hydrogens (tertiary/aromatic N) is 2. The van der Waals surface area contributed by atoms with Crippen LogP contribution in [0.2, 0.25) is 0 Å². The number of hydrogen-bond acceptors (Lipinski definition) is 2. The molecule has 0 aliphatic carbocycles. The zero-order valence-electron chi connectivity index (χ0n) is 11.9. The van der Waals surface area contributed by atoms with Crippen molar-refractivity contribution in [2.45, 2.75) is 19.6 Å². The quantitative estimate of drug-likeness (QED) is 0.744. The number of aryl methyl sites for hydroxylation is 1. The molecule has 3 heteroatoms. The molecule has 1 rings (SSSR count). The predicted molar refractivity (Wildman–Crippen MR) is 43.7 cm³/mol. The Labute approximate surface area is 78.7 Å². The molecule has 0 aromatic carbocycles. The van der Waals surface area contributed by atoms with Crippen molar-refractivity contribution in [3.63, 3.8) is 0 Å². The van der Waals surface area contributed by atoms with E-state index < -0.39 is 19.6 Å². The average molecular weight is 208 g/mol. The van der Waals surface area contributed by atoms with E-state index in [1.165, 1.54) is 6.20 Å². The molecule has 1 aromatic rings. The Morgan fingerprint density at radius 1 is 1.80 bits per heavy atom. The van der Waals surface area contributed by atoms with Crippen molar-refractivity contribution in [2.75, 3.05) is 0 Å². The Morgan fingerprint density at radius 2 is 2.70 bits per heavy atom. The zero-order valence-corrected chi connectivity index (χ0v) is 6.51. The Morgan fingerprint density at radius 3 is 3.40 bits per heavy atom. The van der Waals surface area contributed by atoms with Gasteiger partial charge in [-0.2, -0.15) is 0 Å². The SMILES string of the molecule is [2H]C([2H])([2H])C([2H])([2H])C([2H])([2H])c1cncc(Br)n1. The lowest BCUT2D eigenvalue weighted by atomic mass is 10.3. The highest BCUT2D eigenvalue weighted by Gasteiger charge is 1.92. The predicted octanol–water partition coefficient (Wildman–Crippen LogP) is 2.19. The van der Waals surface area contributed by atoms with Crippen molar-refractivity contribution in [2.24, 2.45) is 0 Å². The Kier molecular flexibility index (Phi) is 0.935. The van der Waals surface area contributed by atoms with E-state index in [0.29, 0.717) is 0 Å². The number of halogens is 1. The second kappa shape index (κ2) is 3.66. The third kappa shape index (κ3) is 2.06. The van der Waals surface area contributed by atoms with Gasteiger partial charge in [0.05, 0.1) is 11.9 Å². The van der Waals surface area contributed by atoms with Crippen molar-refractivity contribution < 1.29 is 9.60 Å². The summed E-state index contributed by atoms with van der Waals surface area (Å²) in [5, 5.41) is 0. The lowest BCUT2D eigenvalue weighted by Crippen LogP contribution is -1.89. The van der Waals surface area contributed by atoms with E-state index in [1.54, 1.807) is 0 Å². The molecule has 54 valence electrons. The van der Waals surface area contributed by atoms with Crippen molar-refractivity contribution in [3.8, 4) is 0 Å². The summed E-state index contributed by atoms with van der Waals surface area (Å²) in [6.07, 6.45) is -3.52. The molecular formula is C7H9BrN2. The first-order valence-corrected chi connectivity index (χ1v) is 3.27. The molecule has 0 unspecified atom stereocenters. The van der Waals surface area contributed by atoms with E-state index in [9.17, 15) is 0 Å². The summed E-state index contributed by atoms with van der Waals surface area (Å²) in [4.78, 5) is 7.36. The molecule has 0 N–H and O–H groups in total. The van der Waals surface area contributed by atoms with Gasteiger partial charge in [-0.15, -0.1) is 0 Å². The van der Waals surface area contributed by atoms with Crippen molar-refractivity contribution >= 4 is 15.9 Å². The van der Waals surface area contributed by atoms with Gasteiger partial charge in [0.2, 0.25) is 0 Å². The topological polar surface area (TPSA) is 25.8 Å². The third-order valence-electron chi connectivity index (χ3n) is 0.796. The Bertz CT molecular complexity index is 417. The van der Waals surface area contributed by atoms with Crippen LogP contribution in [0.5, 0.6) is 0 Å². The molecule has 0 radical (unpaired) electrons. The normalized spacial score (nSPS) is 24.3. The molecule has 0 atom stereocenters. The summed E-state index contributed by atoms with van der Waals surface area (Å²) < 4.78 is 51.5. The van der Waals surface area contributed by atoms with Crippen LogP contribution in [0.3, 0.4) is 0 Å². The van der Waals surface area contributed by atoms with Gasteiger partial charge in [-0.05, 0) is 22.3 Å². The minimum atomic E-state index is -3.10. The maximum atomic E-state index is 7.63. The minimum Gasteiger partial charge on any atom is -0.260 e. The van der Waals surface area contributed by atoms with Gasteiger partial charge >= 0.3 is 0 Å². The van der Waals surface area contributed by atoms with E-state index in [4.69, 9.17) is 9.60 Å². The van der Waals surface area contributed by atoms with E-state index in [1.807, 2.05) is 0 Å². The van der Waals surface area contributed by atoms with Crippen LogP contribution in [-0.2, 0) is 6.37 Å². The largest absolute Gasteiger partial charge is 0.260 e. The van der Waals surface area contributed by atoms with Gasteiger partial charge in [0.1, 0.15) is 4.60 Å². The van der Waals surface area contributed by atoms with Crippen LogP contribution in [0, 0.1) is 0 Å². The van der Waals surface area contributed by atoms with Crippen LogP contribution in [-0.4, -0.2) is 9.97 Å². The molecule has 0 aliphatic rings. The number of aromatic nitrogens is 2. The molecule has 0 aliphatic heterocycles. The molecule has 0 amide bonds. The fraction of sp³-hybridized carbons (Fsp3) is 0.429. The van der Waals surface area contributed by atoms with Gasteiger partial charge in [-0.3, -0.25) is 4.98 Å². The molecule has 2 nitrogen and oxygen atoms in total. The zero-order chi connectivity index (χ0) is 13.5. The number of hydrogen-bond donors (Lipinski definition) is 0. The van der Waals surface area contributed by atoms with Gasteiger partial charge in [-0.25, -0.2) is 4.98 Å². The highest BCUT2D eigenvalue weighted by Crippen LogP contribution is 2.04.